The van der Waals surface area contributed by atoms with Crippen LogP contribution in [0.4, 0.5) is 0 Å². The number of hydrogen-bond donors (Lipinski definition) is 2. The molecule has 1 aromatic carbocycles. The van der Waals surface area contributed by atoms with Gasteiger partial charge >= 0.3 is 0 Å². The number of rotatable bonds is 2. The third-order valence-electron chi connectivity index (χ3n) is 2.93. The second-order valence-corrected chi connectivity index (χ2v) is 5.83. The van der Waals surface area contributed by atoms with E-state index in [4.69, 9.17) is 11.6 Å². The molecule has 1 aliphatic heterocycles. The molecule has 7 heteroatoms. The summed E-state index contributed by atoms with van der Waals surface area (Å²) < 4.78 is 0. The summed E-state index contributed by atoms with van der Waals surface area (Å²) in [6.45, 7) is 1.80. The molecule has 2 aromatic rings. The monoisotopic (exact) mass is 308 g/mol. The summed E-state index contributed by atoms with van der Waals surface area (Å²) in [5, 5.41) is 5.26. The average Bonchev–Trinajstić information content (AvgIpc) is 2.46. The lowest BCUT2D eigenvalue weighted by molar-refractivity contribution is 0.751. The number of nitrogens with zero attached hydrogens (tertiary/aromatic N) is 2. The highest BCUT2D eigenvalue weighted by molar-refractivity contribution is 8.13. The van der Waals surface area contributed by atoms with Crippen molar-refractivity contribution in [2.45, 2.75) is 12.2 Å². The van der Waals surface area contributed by atoms with E-state index >= 15 is 0 Å². The Morgan fingerprint density at radius 1 is 1.40 bits per heavy atom. The van der Waals surface area contributed by atoms with Crippen LogP contribution in [-0.2, 0) is 5.75 Å². The molecule has 0 radical (unpaired) electrons. The average molecular weight is 309 g/mol. The highest BCUT2D eigenvalue weighted by atomic mass is 35.5. The van der Waals surface area contributed by atoms with Crippen molar-refractivity contribution in [3.63, 3.8) is 0 Å². The van der Waals surface area contributed by atoms with Gasteiger partial charge in [-0.2, -0.15) is 0 Å². The largest absolute Gasteiger partial charge is 0.365 e. The molecule has 104 valence electrons. The van der Waals surface area contributed by atoms with Crippen molar-refractivity contribution in [3.05, 3.63) is 39.4 Å². The smallest absolute Gasteiger partial charge is 0.258 e. The summed E-state index contributed by atoms with van der Waals surface area (Å²) in [4.78, 5) is 23.6. The Morgan fingerprint density at radius 3 is 3.10 bits per heavy atom. The van der Waals surface area contributed by atoms with Crippen molar-refractivity contribution in [2.24, 2.45) is 4.99 Å². The summed E-state index contributed by atoms with van der Waals surface area (Å²) in [7, 11) is 0. The number of benzene rings is 1. The predicted octanol–water partition coefficient (Wildman–Crippen LogP) is 2.16. The molecule has 0 saturated carbocycles. The maximum Gasteiger partial charge on any atom is 0.258 e. The lowest BCUT2D eigenvalue weighted by Crippen LogP contribution is -2.27. The Bertz CT molecular complexity index is 728. The molecule has 2 heterocycles. The zero-order chi connectivity index (χ0) is 13.9. The van der Waals surface area contributed by atoms with Gasteiger partial charge in [-0.1, -0.05) is 23.4 Å². The minimum absolute atomic E-state index is 0.138. The molecule has 0 unspecified atom stereocenters. The SMILES string of the molecule is O=c1[nH]c(CSC2=NCCCN2)nc2cc(Cl)ccc12. The molecule has 0 amide bonds. The Balaban J connectivity index is 1.84. The fraction of sp³-hybridized carbons (Fsp3) is 0.308. The third kappa shape index (κ3) is 2.96. The first-order valence-electron chi connectivity index (χ1n) is 6.32. The molecule has 20 heavy (non-hydrogen) atoms. The van der Waals surface area contributed by atoms with E-state index < -0.39 is 0 Å². The number of thioether (sulfide) groups is 1. The summed E-state index contributed by atoms with van der Waals surface area (Å²) in [6, 6.07) is 5.08. The second kappa shape index (κ2) is 5.85. The van der Waals surface area contributed by atoms with Crippen LogP contribution in [0.1, 0.15) is 12.2 Å². The van der Waals surface area contributed by atoms with E-state index in [9.17, 15) is 4.79 Å². The van der Waals surface area contributed by atoms with E-state index in [2.05, 4.69) is 20.3 Å². The van der Waals surface area contributed by atoms with Gasteiger partial charge in [0.2, 0.25) is 0 Å². The fourth-order valence-corrected chi connectivity index (χ4v) is 2.94. The summed E-state index contributed by atoms with van der Waals surface area (Å²) in [5.74, 6) is 1.20. The predicted molar refractivity (Wildman–Crippen MR) is 83.6 cm³/mol. The molecule has 1 aromatic heterocycles. The molecule has 0 fully saturated rings. The zero-order valence-corrected chi connectivity index (χ0v) is 12.2. The maximum atomic E-state index is 12.0. The molecule has 1 aliphatic rings. The number of aliphatic imine (C=N–C) groups is 1. The zero-order valence-electron chi connectivity index (χ0n) is 10.6. The molecule has 0 spiro atoms. The third-order valence-corrected chi connectivity index (χ3v) is 4.13. The number of H-pyrrole nitrogens is 1. The van der Waals surface area contributed by atoms with Crippen molar-refractivity contribution in [1.82, 2.24) is 15.3 Å². The first kappa shape index (κ1) is 13.5. The van der Waals surface area contributed by atoms with Gasteiger partial charge in [0.15, 0.2) is 5.17 Å². The molecule has 5 nitrogen and oxygen atoms in total. The molecule has 0 aliphatic carbocycles. The number of nitrogens with one attached hydrogen (secondary N) is 2. The molecule has 3 rings (SSSR count). The minimum Gasteiger partial charge on any atom is -0.365 e. The van der Waals surface area contributed by atoms with Gasteiger partial charge in [-0.15, -0.1) is 0 Å². The maximum absolute atomic E-state index is 12.0. The van der Waals surface area contributed by atoms with Gasteiger partial charge in [0.25, 0.3) is 5.56 Å². The number of aromatic amines is 1. The topological polar surface area (TPSA) is 70.1 Å². The van der Waals surface area contributed by atoms with E-state index in [1.54, 1.807) is 30.0 Å². The lowest BCUT2D eigenvalue weighted by Gasteiger charge is -2.13. The van der Waals surface area contributed by atoms with Crippen LogP contribution in [0.3, 0.4) is 0 Å². The van der Waals surface area contributed by atoms with Crippen molar-refractivity contribution < 1.29 is 0 Å². The fourth-order valence-electron chi connectivity index (χ4n) is 1.97. The molecular formula is C13H13ClN4OS. The molecule has 0 saturated heterocycles. The number of fused-ring (bicyclic) bond motifs is 1. The van der Waals surface area contributed by atoms with Crippen molar-refractivity contribution in [3.8, 4) is 0 Å². The van der Waals surface area contributed by atoms with Crippen molar-refractivity contribution in [2.75, 3.05) is 13.1 Å². The van der Waals surface area contributed by atoms with Gasteiger partial charge < -0.3 is 10.3 Å². The summed E-state index contributed by atoms with van der Waals surface area (Å²) >= 11 is 7.48. The molecule has 2 N–H and O–H groups in total. The quantitative estimate of drug-likeness (QED) is 0.892. The molecular weight excluding hydrogens is 296 g/mol. The van der Waals surface area contributed by atoms with E-state index in [1.165, 1.54) is 0 Å². The lowest BCUT2D eigenvalue weighted by atomic mass is 10.2. The van der Waals surface area contributed by atoms with Gasteiger partial charge in [-0.25, -0.2) is 4.98 Å². The van der Waals surface area contributed by atoms with Crippen LogP contribution < -0.4 is 10.9 Å². The summed E-state index contributed by atoms with van der Waals surface area (Å²) in [6.07, 6.45) is 1.06. The number of amidine groups is 1. The van der Waals surface area contributed by atoms with Crippen LogP contribution in [-0.4, -0.2) is 28.2 Å². The van der Waals surface area contributed by atoms with Crippen LogP contribution in [0.25, 0.3) is 10.9 Å². The van der Waals surface area contributed by atoms with Crippen molar-refractivity contribution >= 4 is 39.4 Å². The normalized spacial score (nSPS) is 14.9. The van der Waals surface area contributed by atoms with Gasteiger partial charge in [-0.05, 0) is 24.6 Å². The van der Waals surface area contributed by atoms with Crippen LogP contribution in [0, 0.1) is 0 Å². The highest BCUT2D eigenvalue weighted by Crippen LogP contribution is 2.16. The van der Waals surface area contributed by atoms with Crippen LogP contribution >= 0.6 is 23.4 Å². The van der Waals surface area contributed by atoms with Crippen LogP contribution in [0.15, 0.2) is 28.0 Å². The highest BCUT2D eigenvalue weighted by Gasteiger charge is 2.08. The number of halogens is 1. The second-order valence-electron chi connectivity index (χ2n) is 4.43. The summed E-state index contributed by atoms with van der Waals surface area (Å²) in [5.41, 5.74) is 0.483. The Hall–Kier alpha value is -1.53. The first-order valence-corrected chi connectivity index (χ1v) is 7.68. The van der Waals surface area contributed by atoms with E-state index in [-0.39, 0.29) is 5.56 Å². The first-order chi connectivity index (χ1) is 9.72. The number of aromatic nitrogens is 2. The van der Waals surface area contributed by atoms with Gasteiger partial charge in [-0.3, -0.25) is 9.79 Å². The minimum atomic E-state index is -0.138. The standard InChI is InChI=1S/C13H13ClN4OS/c14-8-2-3-9-10(6-8)17-11(18-12(9)19)7-20-13-15-4-1-5-16-13/h2-3,6H,1,4-5,7H2,(H,15,16)(H,17,18,19). The van der Waals surface area contributed by atoms with E-state index in [1.807, 2.05) is 0 Å². The van der Waals surface area contributed by atoms with Gasteiger partial charge in [0.1, 0.15) is 5.82 Å². The molecule has 0 bridgehead atoms. The molecule has 0 atom stereocenters. The van der Waals surface area contributed by atoms with E-state index in [0.717, 1.165) is 24.7 Å². The number of hydrogen-bond acceptors (Lipinski definition) is 5. The Morgan fingerprint density at radius 2 is 2.30 bits per heavy atom. The van der Waals surface area contributed by atoms with Gasteiger partial charge in [0.05, 0.1) is 16.7 Å². The van der Waals surface area contributed by atoms with Crippen molar-refractivity contribution in [1.29, 1.82) is 0 Å². The van der Waals surface area contributed by atoms with Crippen LogP contribution in [0.2, 0.25) is 5.02 Å². The van der Waals surface area contributed by atoms with E-state index in [0.29, 0.717) is 27.5 Å². The van der Waals surface area contributed by atoms with Gasteiger partial charge in [0, 0.05) is 18.1 Å². The Kier molecular flexibility index (Phi) is 3.93. The van der Waals surface area contributed by atoms with Crippen LogP contribution in [0.5, 0.6) is 0 Å². The Labute approximate surface area is 124 Å².